The van der Waals surface area contributed by atoms with Crippen LogP contribution in [0.2, 0.25) is 0 Å². The Morgan fingerprint density at radius 3 is 2.30 bits per heavy atom. The fourth-order valence-corrected chi connectivity index (χ4v) is 8.44. The second-order valence-electron chi connectivity index (χ2n) is 15.4. The molecule has 9 heteroatoms. The molecule has 3 aliphatic rings. The van der Waals surface area contributed by atoms with Gasteiger partial charge in [-0.3, -0.25) is 9.69 Å². The summed E-state index contributed by atoms with van der Waals surface area (Å²) in [6.07, 6.45) is 6.46. The molecule has 4 heterocycles. The molecule has 3 aliphatic heterocycles. The summed E-state index contributed by atoms with van der Waals surface area (Å²) in [6, 6.07) is 17.0. The minimum absolute atomic E-state index is 0.131. The van der Waals surface area contributed by atoms with Crippen LogP contribution in [-0.2, 0) is 14.9 Å². The van der Waals surface area contributed by atoms with Crippen LogP contribution in [0, 0.1) is 12.7 Å². The van der Waals surface area contributed by atoms with Crippen molar-refractivity contribution in [3.8, 4) is 0 Å². The van der Waals surface area contributed by atoms with Crippen LogP contribution in [0.15, 0.2) is 48.5 Å². The van der Waals surface area contributed by atoms with Gasteiger partial charge >= 0.3 is 6.09 Å². The highest BCUT2D eigenvalue weighted by atomic mass is 19.1. The Morgan fingerprint density at radius 2 is 1.65 bits per heavy atom. The zero-order valence-electron chi connectivity index (χ0n) is 28.3. The van der Waals surface area contributed by atoms with Crippen LogP contribution in [0.3, 0.4) is 0 Å². The molecule has 46 heavy (non-hydrogen) atoms. The van der Waals surface area contributed by atoms with Gasteiger partial charge in [0.15, 0.2) is 0 Å². The number of imidazole rings is 1. The first kappa shape index (κ1) is 32.5. The molecule has 2 bridgehead atoms. The van der Waals surface area contributed by atoms with E-state index in [1.165, 1.54) is 24.4 Å². The van der Waals surface area contributed by atoms with Crippen LogP contribution >= 0.6 is 0 Å². The molecule has 3 aromatic rings. The average molecular weight is 632 g/mol. The number of likely N-dealkylation sites (tertiary alicyclic amines) is 1. The predicted octanol–water partition coefficient (Wildman–Crippen LogP) is 6.91. The summed E-state index contributed by atoms with van der Waals surface area (Å²) in [5.41, 5.74) is 1.34. The molecular formula is C37H50FN5O3. The van der Waals surface area contributed by atoms with E-state index >= 15 is 0 Å². The zero-order valence-corrected chi connectivity index (χ0v) is 28.3. The highest BCUT2D eigenvalue weighted by molar-refractivity contribution is 5.89. The Hall–Kier alpha value is -3.46. The number of alkyl carbamates (subject to hydrolysis) is 1. The standard InChI is InChI=1S/C37H50FN5O3/c1-25-39-31-12-7-8-13-32(31)43(25)30-23-28-14-15-29(24-30)42(28)21-18-37(26-10-9-11-27(38)22-26)16-19-41(20-17-37)33(44)36(5,6)40-34(45)46-35(2,3)4/h7-13,22,28-30H,14-21,23-24H2,1-6H3,(H,40,45)/t28-,29+,30?. The third kappa shape index (κ3) is 6.53. The van der Waals surface area contributed by atoms with Crippen LogP contribution in [0.1, 0.15) is 97.0 Å². The molecule has 0 radical (unpaired) electrons. The number of rotatable bonds is 7. The fourth-order valence-electron chi connectivity index (χ4n) is 8.44. The molecule has 3 atom stereocenters. The van der Waals surface area contributed by atoms with Gasteiger partial charge in [0, 0.05) is 31.2 Å². The van der Waals surface area contributed by atoms with Gasteiger partial charge in [-0.15, -0.1) is 0 Å². The molecule has 0 spiro atoms. The summed E-state index contributed by atoms with van der Waals surface area (Å²) in [7, 11) is 0. The Labute approximate surface area is 272 Å². The molecule has 3 saturated heterocycles. The van der Waals surface area contributed by atoms with Crippen molar-refractivity contribution in [2.75, 3.05) is 19.6 Å². The quantitative estimate of drug-likeness (QED) is 0.307. The molecule has 6 rings (SSSR count). The van der Waals surface area contributed by atoms with Gasteiger partial charge in [0.1, 0.15) is 22.8 Å². The number of hydrogen-bond acceptors (Lipinski definition) is 5. The first-order valence-electron chi connectivity index (χ1n) is 17.0. The van der Waals surface area contributed by atoms with E-state index in [0.29, 0.717) is 31.2 Å². The van der Waals surface area contributed by atoms with Gasteiger partial charge in [-0.25, -0.2) is 14.2 Å². The van der Waals surface area contributed by atoms with Gasteiger partial charge in [0.05, 0.1) is 11.0 Å². The number of aromatic nitrogens is 2. The van der Waals surface area contributed by atoms with Crippen molar-refractivity contribution in [1.29, 1.82) is 0 Å². The maximum Gasteiger partial charge on any atom is 0.408 e. The lowest BCUT2D eigenvalue weighted by molar-refractivity contribution is -0.138. The molecule has 248 valence electrons. The van der Waals surface area contributed by atoms with Gasteiger partial charge in [-0.05, 0) is 128 Å². The van der Waals surface area contributed by atoms with Crippen molar-refractivity contribution in [3.05, 3.63) is 65.7 Å². The maximum absolute atomic E-state index is 14.6. The van der Waals surface area contributed by atoms with E-state index in [0.717, 1.165) is 55.6 Å². The molecule has 0 saturated carbocycles. The number of benzene rings is 2. The summed E-state index contributed by atoms with van der Waals surface area (Å²) in [6.45, 7) is 13.0. The van der Waals surface area contributed by atoms with Crippen LogP contribution < -0.4 is 5.32 Å². The Bertz CT molecular complexity index is 1570. The molecule has 2 amide bonds. The average Bonchev–Trinajstić information content (AvgIpc) is 3.45. The summed E-state index contributed by atoms with van der Waals surface area (Å²) < 4.78 is 22.5. The van der Waals surface area contributed by atoms with Crippen molar-refractivity contribution < 1.29 is 18.7 Å². The SMILES string of the molecule is Cc1nc2ccccc2n1C1C[C@H]2CC[C@@H](C1)N2CCC1(c2cccc(F)c2)CCN(C(=O)C(C)(C)NC(=O)OC(C)(C)C)CC1. The number of ether oxygens (including phenoxy) is 1. The number of piperidine rings is 2. The number of carbonyl (C=O) groups excluding carboxylic acids is 2. The van der Waals surface area contributed by atoms with E-state index in [4.69, 9.17) is 9.72 Å². The van der Waals surface area contributed by atoms with Crippen molar-refractivity contribution in [3.63, 3.8) is 0 Å². The van der Waals surface area contributed by atoms with Crippen LogP contribution in [0.4, 0.5) is 9.18 Å². The van der Waals surface area contributed by atoms with Gasteiger partial charge < -0.3 is 19.5 Å². The van der Waals surface area contributed by atoms with E-state index in [9.17, 15) is 14.0 Å². The van der Waals surface area contributed by atoms with Gasteiger partial charge in [0.2, 0.25) is 5.91 Å². The second kappa shape index (κ2) is 12.3. The van der Waals surface area contributed by atoms with Crippen molar-refractivity contribution in [2.24, 2.45) is 0 Å². The number of para-hydroxylation sites is 2. The van der Waals surface area contributed by atoms with Gasteiger partial charge in [-0.2, -0.15) is 0 Å². The van der Waals surface area contributed by atoms with Crippen LogP contribution in [0.25, 0.3) is 11.0 Å². The Kier molecular flexibility index (Phi) is 8.68. The van der Waals surface area contributed by atoms with E-state index in [1.807, 2.05) is 11.0 Å². The topological polar surface area (TPSA) is 79.7 Å². The van der Waals surface area contributed by atoms with Crippen molar-refractivity contribution in [2.45, 2.75) is 121 Å². The molecule has 8 nitrogen and oxygen atoms in total. The lowest BCUT2D eigenvalue weighted by atomic mass is 9.70. The Balaban J connectivity index is 1.14. The van der Waals surface area contributed by atoms with E-state index in [-0.39, 0.29) is 17.1 Å². The third-order valence-corrected chi connectivity index (χ3v) is 10.6. The molecule has 3 fully saturated rings. The lowest BCUT2D eigenvalue weighted by Gasteiger charge is -2.46. The number of aryl methyl sites for hydroxylation is 1. The lowest BCUT2D eigenvalue weighted by Crippen LogP contribution is -2.59. The van der Waals surface area contributed by atoms with Gasteiger partial charge in [0.25, 0.3) is 0 Å². The van der Waals surface area contributed by atoms with E-state index < -0.39 is 17.2 Å². The second-order valence-corrected chi connectivity index (χ2v) is 15.4. The highest BCUT2D eigenvalue weighted by Crippen LogP contribution is 2.45. The number of nitrogens with zero attached hydrogens (tertiary/aromatic N) is 4. The maximum atomic E-state index is 14.6. The molecule has 1 unspecified atom stereocenters. The summed E-state index contributed by atoms with van der Waals surface area (Å²) in [5.74, 6) is 0.741. The van der Waals surface area contributed by atoms with Crippen molar-refractivity contribution in [1.82, 2.24) is 24.7 Å². The van der Waals surface area contributed by atoms with Crippen molar-refractivity contribution >= 4 is 23.0 Å². The van der Waals surface area contributed by atoms with Crippen LogP contribution in [-0.4, -0.2) is 74.2 Å². The molecule has 1 aromatic heterocycles. The fraction of sp³-hybridized carbons (Fsp3) is 0.595. The summed E-state index contributed by atoms with van der Waals surface area (Å²) in [4.78, 5) is 35.6. The highest BCUT2D eigenvalue weighted by Gasteiger charge is 2.45. The molecule has 2 aromatic carbocycles. The summed E-state index contributed by atoms with van der Waals surface area (Å²) >= 11 is 0. The van der Waals surface area contributed by atoms with Crippen LogP contribution in [0.5, 0.6) is 0 Å². The number of nitrogens with one attached hydrogen (secondary N) is 1. The smallest absolute Gasteiger partial charge is 0.408 e. The zero-order chi connectivity index (χ0) is 32.9. The first-order valence-corrected chi connectivity index (χ1v) is 17.0. The number of amides is 2. The number of carbonyl (C=O) groups is 2. The third-order valence-electron chi connectivity index (χ3n) is 10.6. The number of halogens is 1. The number of hydrogen-bond donors (Lipinski definition) is 1. The predicted molar refractivity (Wildman–Crippen MR) is 178 cm³/mol. The van der Waals surface area contributed by atoms with E-state index in [1.54, 1.807) is 40.7 Å². The summed E-state index contributed by atoms with van der Waals surface area (Å²) in [5, 5.41) is 2.77. The monoisotopic (exact) mass is 631 g/mol. The number of fused-ring (bicyclic) bond motifs is 3. The minimum Gasteiger partial charge on any atom is -0.444 e. The molecule has 1 N–H and O–H groups in total. The van der Waals surface area contributed by atoms with E-state index in [2.05, 4.69) is 52.0 Å². The first-order chi connectivity index (χ1) is 21.7. The minimum atomic E-state index is -1.11. The Morgan fingerprint density at radius 1 is 0.978 bits per heavy atom. The normalized spacial score (nSPS) is 23.5. The molecular weight excluding hydrogens is 581 g/mol. The largest absolute Gasteiger partial charge is 0.444 e. The van der Waals surface area contributed by atoms with Gasteiger partial charge in [-0.1, -0.05) is 24.3 Å². The molecule has 0 aliphatic carbocycles.